The van der Waals surface area contributed by atoms with Crippen molar-refractivity contribution in [2.45, 2.75) is 49.4 Å². The molecule has 0 heterocycles. The topological polar surface area (TPSA) is 105 Å². The number of esters is 1. The van der Waals surface area contributed by atoms with E-state index in [1.807, 2.05) is 6.26 Å². The second-order valence-electron chi connectivity index (χ2n) is 4.93. The molecule has 1 aliphatic carbocycles. The van der Waals surface area contributed by atoms with Crippen molar-refractivity contribution in [1.29, 1.82) is 0 Å². The lowest BCUT2D eigenvalue weighted by Gasteiger charge is -2.21. The number of rotatable bonds is 7. The number of aliphatic carboxylic acids is 1. The van der Waals surface area contributed by atoms with Gasteiger partial charge in [0.25, 0.3) is 0 Å². The van der Waals surface area contributed by atoms with Crippen LogP contribution in [0.25, 0.3) is 0 Å². The van der Waals surface area contributed by atoms with Crippen LogP contribution in [-0.2, 0) is 14.3 Å². The van der Waals surface area contributed by atoms with Gasteiger partial charge < -0.3 is 20.5 Å². The number of hydrogen-bond acceptors (Lipinski definition) is 5. The number of carbonyl (C=O) groups excluding carboxylic acids is 2. The number of amides is 2. The zero-order valence-corrected chi connectivity index (χ0v) is 13.1. The second-order valence-corrected chi connectivity index (χ2v) is 6.01. The van der Waals surface area contributed by atoms with Gasteiger partial charge in [-0.05, 0) is 25.5 Å². The number of ether oxygens (including phenoxy) is 1. The molecule has 3 N–H and O–H groups in total. The third-order valence-electron chi connectivity index (χ3n) is 3.54. The standard InChI is InChI=1S/C13H22N2O5S/c1-20-11(16)7-6-9(12(17)18)15-13(19)14-8-4-3-5-10(8)21-2/h8-10H,3-7H2,1-2H3,(H,17,18)(H2,14,15,19)/t8?,9-,10?/m0/s1. The molecule has 0 aromatic rings. The Labute approximate surface area is 128 Å². The van der Waals surface area contributed by atoms with E-state index >= 15 is 0 Å². The number of carboxylic acids is 1. The van der Waals surface area contributed by atoms with Crippen LogP contribution in [0.2, 0.25) is 0 Å². The highest BCUT2D eigenvalue weighted by molar-refractivity contribution is 7.99. The van der Waals surface area contributed by atoms with Crippen molar-refractivity contribution in [3.63, 3.8) is 0 Å². The maximum Gasteiger partial charge on any atom is 0.326 e. The van der Waals surface area contributed by atoms with Crippen molar-refractivity contribution in [3.05, 3.63) is 0 Å². The van der Waals surface area contributed by atoms with Crippen LogP contribution in [-0.4, -0.2) is 53.8 Å². The SMILES string of the molecule is COC(=O)CC[C@H](NC(=O)NC1CCCC1SC)C(=O)O. The highest BCUT2D eigenvalue weighted by Crippen LogP contribution is 2.28. The van der Waals surface area contributed by atoms with Gasteiger partial charge in [0.2, 0.25) is 0 Å². The zero-order valence-electron chi connectivity index (χ0n) is 12.3. The molecule has 3 atom stereocenters. The van der Waals surface area contributed by atoms with Crippen molar-refractivity contribution < 1.29 is 24.2 Å². The Kier molecular flexibility index (Phi) is 7.35. The Hall–Kier alpha value is -1.44. The van der Waals surface area contributed by atoms with E-state index < -0.39 is 24.0 Å². The number of nitrogens with one attached hydrogen (secondary N) is 2. The third kappa shape index (κ3) is 5.82. The number of thioether (sulfide) groups is 1. The second kappa shape index (κ2) is 8.76. The minimum Gasteiger partial charge on any atom is -0.480 e. The first kappa shape index (κ1) is 17.6. The van der Waals surface area contributed by atoms with Crippen molar-refractivity contribution in [2.24, 2.45) is 0 Å². The molecule has 21 heavy (non-hydrogen) atoms. The maximum absolute atomic E-state index is 11.9. The summed E-state index contributed by atoms with van der Waals surface area (Å²) in [6.07, 6.45) is 4.96. The van der Waals surface area contributed by atoms with Gasteiger partial charge in [0, 0.05) is 17.7 Å². The maximum atomic E-state index is 11.9. The first-order valence-electron chi connectivity index (χ1n) is 6.87. The highest BCUT2D eigenvalue weighted by Gasteiger charge is 2.29. The molecule has 7 nitrogen and oxygen atoms in total. The Morgan fingerprint density at radius 1 is 1.38 bits per heavy atom. The fourth-order valence-corrected chi connectivity index (χ4v) is 3.30. The summed E-state index contributed by atoms with van der Waals surface area (Å²) in [5.41, 5.74) is 0. The van der Waals surface area contributed by atoms with Gasteiger partial charge in [0.15, 0.2) is 0 Å². The van der Waals surface area contributed by atoms with E-state index in [2.05, 4.69) is 15.4 Å². The quantitative estimate of drug-likeness (QED) is 0.604. The molecule has 8 heteroatoms. The van der Waals surface area contributed by atoms with Gasteiger partial charge in [-0.3, -0.25) is 4.79 Å². The number of hydrogen-bond donors (Lipinski definition) is 3. The normalized spacial score (nSPS) is 22.4. The molecule has 1 rings (SSSR count). The molecule has 2 unspecified atom stereocenters. The first-order valence-corrected chi connectivity index (χ1v) is 8.16. The molecule has 0 saturated heterocycles. The average molecular weight is 318 g/mol. The third-order valence-corrected chi connectivity index (χ3v) is 4.71. The summed E-state index contributed by atoms with van der Waals surface area (Å²) in [5, 5.41) is 14.7. The first-order chi connectivity index (χ1) is 9.97. The summed E-state index contributed by atoms with van der Waals surface area (Å²) in [7, 11) is 1.24. The van der Waals surface area contributed by atoms with Crippen LogP contribution in [0.1, 0.15) is 32.1 Å². The smallest absolute Gasteiger partial charge is 0.326 e. The lowest BCUT2D eigenvalue weighted by molar-refractivity contribution is -0.142. The summed E-state index contributed by atoms with van der Waals surface area (Å²) < 4.78 is 4.46. The Balaban J connectivity index is 2.45. The molecular formula is C13H22N2O5S. The van der Waals surface area contributed by atoms with Gasteiger partial charge in [-0.25, -0.2) is 9.59 Å². The van der Waals surface area contributed by atoms with Crippen molar-refractivity contribution in [2.75, 3.05) is 13.4 Å². The molecule has 1 saturated carbocycles. The number of methoxy groups -OCH3 is 1. The van der Waals surface area contributed by atoms with Gasteiger partial charge in [0.1, 0.15) is 6.04 Å². The van der Waals surface area contributed by atoms with Crippen molar-refractivity contribution in [1.82, 2.24) is 10.6 Å². The van der Waals surface area contributed by atoms with Crippen LogP contribution in [0.15, 0.2) is 0 Å². The van der Waals surface area contributed by atoms with Gasteiger partial charge in [-0.1, -0.05) is 6.42 Å². The Morgan fingerprint density at radius 2 is 2.10 bits per heavy atom. The van der Waals surface area contributed by atoms with Crippen LogP contribution in [0, 0.1) is 0 Å². The lowest BCUT2D eigenvalue weighted by Crippen LogP contribution is -2.50. The van der Waals surface area contributed by atoms with E-state index in [4.69, 9.17) is 5.11 Å². The van der Waals surface area contributed by atoms with Crippen LogP contribution in [0.4, 0.5) is 4.79 Å². The van der Waals surface area contributed by atoms with Crippen molar-refractivity contribution in [3.8, 4) is 0 Å². The fraction of sp³-hybridized carbons (Fsp3) is 0.769. The van der Waals surface area contributed by atoms with E-state index in [0.29, 0.717) is 5.25 Å². The summed E-state index contributed by atoms with van der Waals surface area (Å²) in [4.78, 5) is 34.0. The average Bonchev–Trinajstić information content (AvgIpc) is 2.89. The van der Waals surface area contributed by atoms with E-state index in [1.165, 1.54) is 7.11 Å². The molecule has 2 amide bonds. The lowest BCUT2D eigenvalue weighted by atomic mass is 10.1. The van der Waals surface area contributed by atoms with Crippen LogP contribution in [0.3, 0.4) is 0 Å². The predicted molar refractivity (Wildman–Crippen MR) is 79.3 cm³/mol. The highest BCUT2D eigenvalue weighted by atomic mass is 32.2. The van der Waals surface area contributed by atoms with E-state index in [0.717, 1.165) is 19.3 Å². The number of carbonyl (C=O) groups is 3. The molecule has 0 spiro atoms. The molecule has 0 bridgehead atoms. The van der Waals surface area contributed by atoms with Crippen LogP contribution < -0.4 is 10.6 Å². The summed E-state index contributed by atoms with van der Waals surface area (Å²) in [5.74, 6) is -1.66. The van der Waals surface area contributed by atoms with Gasteiger partial charge in [-0.15, -0.1) is 0 Å². The Morgan fingerprint density at radius 3 is 2.67 bits per heavy atom. The zero-order chi connectivity index (χ0) is 15.8. The molecule has 1 fully saturated rings. The minimum atomic E-state index is -1.16. The Bertz CT molecular complexity index is 391. The fourth-order valence-electron chi connectivity index (χ4n) is 2.36. The molecule has 1 aliphatic rings. The molecular weight excluding hydrogens is 296 g/mol. The van der Waals surface area contributed by atoms with E-state index in [1.54, 1.807) is 11.8 Å². The molecule has 0 aliphatic heterocycles. The van der Waals surface area contributed by atoms with Gasteiger partial charge in [0.05, 0.1) is 7.11 Å². The molecule has 0 radical (unpaired) electrons. The summed E-state index contributed by atoms with van der Waals surface area (Å²) in [6, 6.07) is -1.54. The minimum absolute atomic E-state index is 0.00600. The van der Waals surface area contributed by atoms with E-state index in [9.17, 15) is 14.4 Å². The van der Waals surface area contributed by atoms with Crippen molar-refractivity contribution >= 4 is 29.7 Å². The summed E-state index contributed by atoms with van der Waals surface area (Å²) >= 11 is 1.70. The number of carboxylic acid groups (broad SMARTS) is 1. The monoisotopic (exact) mass is 318 g/mol. The summed E-state index contributed by atoms with van der Waals surface area (Å²) in [6.45, 7) is 0. The molecule has 120 valence electrons. The molecule has 0 aromatic heterocycles. The number of urea groups is 1. The van der Waals surface area contributed by atoms with Crippen LogP contribution >= 0.6 is 11.8 Å². The van der Waals surface area contributed by atoms with Crippen LogP contribution in [0.5, 0.6) is 0 Å². The van der Waals surface area contributed by atoms with E-state index in [-0.39, 0.29) is 18.9 Å². The van der Waals surface area contributed by atoms with Gasteiger partial charge in [-0.2, -0.15) is 11.8 Å². The predicted octanol–water partition coefficient (Wildman–Crippen LogP) is 0.976. The van der Waals surface area contributed by atoms with Gasteiger partial charge >= 0.3 is 18.0 Å². The largest absolute Gasteiger partial charge is 0.480 e. The molecule has 0 aromatic carbocycles.